The molecule has 0 saturated carbocycles. The van der Waals surface area contributed by atoms with Crippen LogP contribution in [0.1, 0.15) is 53.8 Å². The highest BCUT2D eigenvalue weighted by Gasteiger charge is 2.10. The highest BCUT2D eigenvalue weighted by atomic mass is 16.5. The van der Waals surface area contributed by atoms with E-state index in [0.29, 0.717) is 42.1 Å². The van der Waals surface area contributed by atoms with E-state index in [0.717, 1.165) is 0 Å². The number of esters is 2. The SMILES string of the molecule is CCOC(=O)c1ccc(NC(=O)CCCC(=O)Nc2ccc(C(=O)OCC)cc2)cc1. The maximum Gasteiger partial charge on any atom is 0.338 e. The molecule has 0 aromatic heterocycles. The van der Waals surface area contributed by atoms with Crippen LogP contribution in [0.25, 0.3) is 0 Å². The fourth-order valence-electron chi connectivity index (χ4n) is 2.66. The summed E-state index contributed by atoms with van der Waals surface area (Å²) in [6, 6.07) is 12.8. The van der Waals surface area contributed by atoms with Gasteiger partial charge in [-0.05, 0) is 68.8 Å². The number of rotatable bonds is 10. The normalized spacial score (nSPS) is 10.1. The van der Waals surface area contributed by atoms with Gasteiger partial charge in [0, 0.05) is 24.2 Å². The summed E-state index contributed by atoms with van der Waals surface area (Å²) < 4.78 is 9.82. The van der Waals surface area contributed by atoms with Crippen LogP contribution in [0, 0.1) is 0 Å². The zero-order chi connectivity index (χ0) is 22.6. The van der Waals surface area contributed by atoms with Gasteiger partial charge in [0.15, 0.2) is 0 Å². The van der Waals surface area contributed by atoms with Gasteiger partial charge in [-0.3, -0.25) is 9.59 Å². The van der Waals surface area contributed by atoms with Crippen LogP contribution in [0.2, 0.25) is 0 Å². The molecule has 0 aliphatic heterocycles. The van der Waals surface area contributed by atoms with Crippen LogP contribution in [0.5, 0.6) is 0 Å². The summed E-state index contributed by atoms with van der Waals surface area (Å²) in [6.07, 6.45) is 0.725. The molecule has 2 aromatic rings. The molecule has 2 rings (SSSR count). The van der Waals surface area contributed by atoms with E-state index in [1.165, 1.54) is 0 Å². The highest BCUT2D eigenvalue weighted by Crippen LogP contribution is 2.13. The molecule has 0 saturated heterocycles. The van der Waals surface area contributed by atoms with Gasteiger partial charge >= 0.3 is 11.9 Å². The lowest BCUT2D eigenvalue weighted by Gasteiger charge is -2.08. The Morgan fingerprint density at radius 1 is 0.645 bits per heavy atom. The molecule has 0 aliphatic carbocycles. The molecule has 0 atom stereocenters. The van der Waals surface area contributed by atoms with Crippen LogP contribution in [-0.2, 0) is 19.1 Å². The molecule has 8 nitrogen and oxygen atoms in total. The summed E-state index contributed by atoms with van der Waals surface area (Å²) in [7, 11) is 0. The lowest BCUT2D eigenvalue weighted by atomic mass is 10.2. The van der Waals surface area contributed by atoms with Gasteiger partial charge in [0.05, 0.1) is 24.3 Å². The molecule has 0 fully saturated rings. The summed E-state index contributed by atoms with van der Waals surface area (Å²) in [4.78, 5) is 47.3. The van der Waals surface area contributed by atoms with Gasteiger partial charge in [-0.2, -0.15) is 0 Å². The van der Waals surface area contributed by atoms with Crippen LogP contribution in [0.4, 0.5) is 11.4 Å². The fraction of sp³-hybridized carbons (Fsp3) is 0.304. The van der Waals surface area contributed by atoms with Crippen LogP contribution >= 0.6 is 0 Å². The van der Waals surface area contributed by atoms with E-state index in [1.54, 1.807) is 62.4 Å². The van der Waals surface area contributed by atoms with E-state index in [9.17, 15) is 19.2 Å². The number of hydrogen-bond acceptors (Lipinski definition) is 6. The van der Waals surface area contributed by atoms with E-state index in [2.05, 4.69) is 10.6 Å². The van der Waals surface area contributed by atoms with Gasteiger partial charge < -0.3 is 20.1 Å². The first-order valence-electron chi connectivity index (χ1n) is 10.1. The Morgan fingerprint density at radius 3 is 1.32 bits per heavy atom. The maximum atomic E-state index is 12.0. The lowest BCUT2D eigenvalue weighted by Crippen LogP contribution is -2.15. The number of hydrogen-bond donors (Lipinski definition) is 2. The molecule has 2 amide bonds. The third-order valence-electron chi connectivity index (χ3n) is 4.17. The Kier molecular flexibility index (Phi) is 9.22. The summed E-state index contributed by atoms with van der Waals surface area (Å²) in [6.45, 7) is 4.05. The molecule has 8 heteroatoms. The van der Waals surface area contributed by atoms with Crippen molar-refractivity contribution in [2.24, 2.45) is 0 Å². The molecule has 0 bridgehead atoms. The van der Waals surface area contributed by atoms with Crippen molar-refractivity contribution in [3.05, 3.63) is 59.7 Å². The van der Waals surface area contributed by atoms with Gasteiger partial charge in [0.2, 0.25) is 11.8 Å². The van der Waals surface area contributed by atoms with Crippen molar-refractivity contribution in [3.63, 3.8) is 0 Å². The minimum Gasteiger partial charge on any atom is -0.462 e. The van der Waals surface area contributed by atoms with E-state index in [-0.39, 0.29) is 24.7 Å². The van der Waals surface area contributed by atoms with E-state index in [4.69, 9.17) is 9.47 Å². The molecule has 2 N–H and O–H groups in total. The van der Waals surface area contributed by atoms with Crippen LogP contribution in [0.15, 0.2) is 48.5 Å². The third-order valence-corrected chi connectivity index (χ3v) is 4.17. The standard InChI is InChI=1S/C23H26N2O6/c1-3-30-22(28)16-8-12-18(13-9-16)24-20(26)6-5-7-21(27)25-19-14-10-17(11-15-19)23(29)31-4-2/h8-15H,3-7H2,1-2H3,(H,24,26)(H,25,27). The number of amides is 2. The number of benzene rings is 2. The topological polar surface area (TPSA) is 111 Å². The predicted molar refractivity (Wildman–Crippen MR) is 116 cm³/mol. The highest BCUT2D eigenvalue weighted by molar-refractivity contribution is 5.95. The number of ether oxygens (including phenoxy) is 2. The number of carbonyl (C=O) groups excluding carboxylic acids is 4. The lowest BCUT2D eigenvalue weighted by molar-refractivity contribution is -0.117. The average molecular weight is 426 g/mol. The Balaban J connectivity index is 1.72. The summed E-state index contributed by atoms with van der Waals surface area (Å²) in [5.41, 5.74) is 1.94. The summed E-state index contributed by atoms with van der Waals surface area (Å²) in [5.74, 6) is -1.28. The fourth-order valence-corrected chi connectivity index (χ4v) is 2.66. The third kappa shape index (κ3) is 7.93. The Labute approximate surface area is 180 Å². The minimum atomic E-state index is -0.415. The van der Waals surface area contributed by atoms with Gasteiger partial charge in [0.1, 0.15) is 0 Å². The van der Waals surface area contributed by atoms with Crippen molar-refractivity contribution in [2.45, 2.75) is 33.1 Å². The molecule has 0 heterocycles. The van der Waals surface area contributed by atoms with Crippen LogP contribution in [0.3, 0.4) is 0 Å². The van der Waals surface area contributed by atoms with Crippen molar-refractivity contribution < 1.29 is 28.7 Å². The predicted octanol–water partition coefficient (Wildman–Crippen LogP) is 3.79. The van der Waals surface area contributed by atoms with Crippen molar-refractivity contribution in [1.29, 1.82) is 0 Å². The maximum absolute atomic E-state index is 12.0. The Bertz CT molecular complexity index is 831. The van der Waals surface area contributed by atoms with Gasteiger partial charge in [-0.15, -0.1) is 0 Å². The molecule has 0 unspecified atom stereocenters. The number of carbonyl (C=O) groups is 4. The Hall–Kier alpha value is -3.68. The zero-order valence-electron chi connectivity index (χ0n) is 17.6. The first-order chi connectivity index (χ1) is 14.9. The second-order valence-corrected chi connectivity index (χ2v) is 6.55. The second kappa shape index (κ2) is 12.1. The molecule has 0 aliphatic rings. The number of nitrogens with one attached hydrogen (secondary N) is 2. The largest absolute Gasteiger partial charge is 0.462 e. The zero-order valence-corrected chi connectivity index (χ0v) is 17.6. The van der Waals surface area contributed by atoms with Crippen molar-refractivity contribution in [1.82, 2.24) is 0 Å². The van der Waals surface area contributed by atoms with Crippen LogP contribution in [-0.4, -0.2) is 37.0 Å². The average Bonchev–Trinajstić information content (AvgIpc) is 2.75. The van der Waals surface area contributed by atoms with Gasteiger partial charge in [0.25, 0.3) is 0 Å². The Morgan fingerprint density at radius 2 is 1.00 bits per heavy atom. The first kappa shape index (κ1) is 23.6. The summed E-state index contributed by atoms with van der Waals surface area (Å²) in [5, 5.41) is 5.45. The van der Waals surface area contributed by atoms with Gasteiger partial charge in [-0.1, -0.05) is 0 Å². The van der Waals surface area contributed by atoms with E-state index >= 15 is 0 Å². The van der Waals surface area contributed by atoms with Crippen molar-refractivity contribution >= 4 is 35.1 Å². The minimum absolute atomic E-state index is 0.175. The molecule has 0 radical (unpaired) electrons. The molecule has 31 heavy (non-hydrogen) atoms. The smallest absolute Gasteiger partial charge is 0.338 e. The number of anilines is 2. The van der Waals surface area contributed by atoms with Crippen molar-refractivity contribution in [3.8, 4) is 0 Å². The first-order valence-corrected chi connectivity index (χ1v) is 10.1. The van der Waals surface area contributed by atoms with Crippen LogP contribution < -0.4 is 10.6 Å². The van der Waals surface area contributed by atoms with Crippen molar-refractivity contribution in [2.75, 3.05) is 23.8 Å². The molecule has 0 spiro atoms. The van der Waals surface area contributed by atoms with E-state index in [1.807, 2.05) is 0 Å². The monoisotopic (exact) mass is 426 g/mol. The van der Waals surface area contributed by atoms with Gasteiger partial charge in [-0.25, -0.2) is 9.59 Å². The molecule has 164 valence electrons. The quantitative estimate of drug-likeness (QED) is 0.559. The van der Waals surface area contributed by atoms with E-state index < -0.39 is 11.9 Å². The molecule has 2 aromatic carbocycles. The molecular weight excluding hydrogens is 400 g/mol. The molecular formula is C23H26N2O6. The summed E-state index contributed by atoms with van der Waals surface area (Å²) >= 11 is 0. The second-order valence-electron chi connectivity index (χ2n) is 6.55.